The SMILES string of the molecule is Cc1cc(CCNS(=O)(=O)c2ccc(N3CCCC3=O)cc2)c(C)n1C. The molecule has 26 heavy (non-hydrogen) atoms. The Morgan fingerprint density at radius 1 is 1.15 bits per heavy atom. The van der Waals surface area contributed by atoms with E-state index in [1.165, 1.54) is 0 Å². The molecular weight excluding hydrogens is 350 g/mol. The number of carbonyl (C=O) groups is 1. The third kappa shape index (κ3) is 3.68. The molecule has 7 heteroatoms. The Kier molecular flexibility index (Phi) is 5.20. The second kappa shape index (κ2) is 7.25. The van der Waals surface area contributed by atoms with E-state index in [-0.39, 0.29) is 10.8 Å². The van der Waals surface area contributed by atoms with Gasteiger partial charge in [-0.15, -0.1) is 0 Å². The first-order chi connectivity index (χ1) is 12.3. The van der Waals surface area contributed by atoms with Gasteiger partial charge in [0.2, 0.25) is 15.9 Å². The quantitative estimate of drug-likeness (QED) is 0.842. The summed E-state index contributed by atoms with van der Waals surface area (Å²) in [6.07, 6.45) is 2.05. The van der Waals surface area contributed by atoms with Gasteiger partial charge < -0.3 is 9.47 Å². The van der Waals surface area contributed by atoms with Gasteiger partial charge in [0.05, 0.1) is 4.90 Å². The number of rotatable bonds is 6. The summed E-state index contributed by atoms with van der Waals surface area (Å²) in [6.45, 7) is 5.11. The van der Waals surface area contributed by atoms with Crippen LogP contribution in [0.1, 0.15) is 29.8 Å². The number of anilines is 1. The normalized spacial score (nSPS) is 15.0. The van der Waals surface area contributed by atoms with Crippen molar-refractivity contribution in [3.05, 3.63) is 47.3 Å². The Morgan fingerprint density at radius 3 is 2.38 bits per heavy atom. The average Bonchev–Trinajstić information content (AvgIpc) is 3.14. The van der Waals surface area contributed by atoms with E-state index in [1.54, 1.807) is 29.2 Å². The Hall–Kier alpha value is -2.12. The maximum atomic E-state index is 12.5. The van der Waals surface area contributed by atoms with E-state index in [2.05, 4.69) is 15.4 Å². The van der Waals surface area contributed by atoms with E-state index in [0.717, 1.165) is 29.1 Å². The number of sulfonamides is 1. The predicted molar refractivity (Wildman–Crippen MR) is 102 cm³/mol. The summed E-state index contributed by atoms with van der Waals surface area (Å²) in [5.74, 6) is 0.0901. The van der Waals surface area contributed by atoms with Gasteiger partial charge in [-0.2, -0.15) is 0 Å². The highest BCUT2D eigenvalue weighted by atomic mass is 32.2. The number of hydrogen-bond acceptors (Lipinski definition) is 3. The number of aromatic nitrogens is 1. The zero-order chi connectivity index (χ0) is 18.9. The number of aryl methyl sites for hydroxylation is 1. The Balaban J connectivity index is 1.64. The molecule has 1 aromatic carbocycles. The van der Waals surface area contributed by atoms with Crippen molar-refractivity contribution >= 4 is 21.6 Å². The topological polar surface area (TPSA) is 71.4 Å². The van der Waals surface area contributed by atoms with E-state index in [9.17, 15) is 13.2 Å². The summed E-state index contributed by atoms with van der Waals surface area (Å²) in [7, 11) is -1.56. The second-order valence-corrected chi connectivity index (χ2v) is 8.51. The largest absolute Gasteiger partial charge is 0.352 e. The van der Waals surface area contributed by atoms with Crippen molar-refractivity contribution in [3.8, 4) is 0 Å². The second-order valence-electron chi connectivity index (χ2n) is 6.75. The lowest BCUT2D eigenvalue weighted by Gasteiger charge is -2.16. The molecule has 2 aromatic rings. The lowest BCUT2D eigenvalue weighted by Crippen LogP contribution is -2.26. The molecule has 0 unspecified atom stereocenters. The van der Waals surface area contributed by atoms with Crippen molar-refractivity contribution in [2.24, 2.45) is 7.05 Å². The van der Waals surface area contributed by atoms with Crippen molar-refractivity contribution in [2.45, 2.75) is 38.0 Å². The van der Waals surface area contributed by atoms with Gasteiger partial charge >= 0.3 is 0 Å². The number of carbonyl (C=O) groups excluding carboxylic acids is 1. The average molecular weight is 375 g/mol. The molecule has 0 atom stereocenters. The summed E-state index contributed by atoms with van der Waals surface area (Å²) >= 11 is 0. The third-order valence-electron chi connectivity index (χ3n) is 5.10. The highest BCUT2D eigenvalue weighted by molar-refractivity contribution is 7.89. The van der Waals surface area contributed by atoms with Crippen LogP contribution in [-0.2, 0) is 28.3 Å². The molecule has 0 saturated carbocycles. The molecule has 1 aliphatic heterocycles. The van der Waals surface area contributed by atoms with Gasteiger partial charge in [-0.25, -0.2) is 13.1 Å². The third-order valence-corrected chi connectivity index (χ3v) is 6.58. The maximum Gasteiger partial charge on any atom is 0.240 e. The molecule has 2 heterocycles. The molecule has 3 rings (SSSR count). The maximum absolute atomic E-state index is 12.5. The highest BCUT2D eigenvalue weighted by Gasteiger charge is 2.22. The molecule has 0 radical (unpaired) electrons. The van der Waals surface area contributed by atoms with Gasteiger partial charge in [0.15, 0.2) is 0 Å². The van der Waals surface area contributed by atoms with Gasteiger partial charge in [0, 0.05) is 43.6 Å². The highest BCUT2D eigenvalue weighted by Crippen LogP contribution is 2.23. The van der Waals surface area contributed by atoms with Crippen molar-refractivity contribution < 1.29 is 13.2 Å². The monoisotopic (exact) mass is 375 g/mol. The van der Waals surface area contributed by atoms with Crippen LogP contribution in [-0.4, -0.2) is 32.0 Å². The summed E-state index contributed by atoms with van der Waals surface area (Å²) in [5.41, 5.74) is 4.21. The first-order valence-electron chi connectivity index (χ1n) is 8.81. The van der Waals surface area contributed by atoms with Gasteiger partial charge in [0.1, 0.15) is 0 Å². The Morgan fingerprint density at radius 2 is 1.85 bits per heavy atom. The minimum Gasteiger partial charge on any atom is -0.352 e. The summed E-state index contributed by atoms with van der Waals surface area (Å²) < 4.78 is 29.7. The van der Waals surface area contributed by atoms with Crippen LogP contribution in [0.2, 0.25) is 0 Å². The van der Waals surface area contributed by atoms with Crippen LogP contribution >= 0.6 is 0 Å². The lowest BCUT2D eigenvalue weighted by atomic mass is 10.2. The van der Waals surface area contributed by atoms with Gasteiger partial charge in [-0.1, -0.05) is 0 Å². The van der Waals surface area contributed by atoms with Crippen molar-refractivity contribution in [1.29, 1.82) is 0 Å². The molecule has 1 aliphatic rings. The van der Waals surface area contributed by atoms with E-state index in [4.69, 9.17) is 0 Å². The van der Waals surface area contributed by atoms with Gasteiger partial charge in [-0.3, -0.25) is 4.79 Å². The standard InChI is InChI=1S/C19H25N3O3S/c1-14-13-16(15(2)21(14)3)10-11-20-26(24,25)18-8-6-17(7-9-18)22-12-4-5-19(22)23/h6-9,13,20H,4-5,10-12H2,1-3H3. The number of hydrogen-bond donors (Lipinski definition) is 1. The molecule has 0 aliphatic carbocycles. The molecule has 1 aromatic heterocycles. The zero-order valence-corrected chi connectivity index (χ0v) is 16.3. The Bertz CT molecular complexity index is 914. The summed E-state index contributed by atoms with van der Waals surface area (Å²) in [4.78, 5) is 13.7. The molecular formula is C19H25N3O3S. The van der Waals surface area contributed by atoms with Crippen LogP contribution in [0.3, 0.4) is 0 Å². The van der Waals surface area contributed by atoms with Crippen molar-refractivity contribution in [1.82, 2.24) is 9.29 Å². The van der Waals surface area contributed by atoms with Crippen LogP contribution in [0.4, 0.5) is 5.69 Å². The smallest absolute Gasteiger partial charge is 0.240 e. The zero-order valence-electron chi connectivity index (χ0n) is 15.4. The van der Waals surface area contributed by atoms with Gasteiger partial charge in [0.25, 0.3) is 0 Å². The molecule has 1 saturated heterocycles. The molecule has 140 valence electrons. The van der Waals surface area contributed by atoms with E-state index < -0.39 is 10.0 Å². The number of amides is 1. The van der Waals surface area contributed by atoms with Gasteiger partial charge in [-0.05, 0) is 62.6 Å². The Labute approximate surface area is 154 Å². The van der Waals surface area contributed by atoms with Crippen LogP contribution < -0.4 is 9.62 Å². The minimum absolute atomic E-state index is 0.0901. The lowest BCUT2D eigenvalue weighted by molar-refractivity contribution is -0.117. The minimum atomic E-state index is -3.56. The van der Waals surface area contributed by atoms with Crippen LogP contribution in [0, 0.1) is 13.8 Å². The summed E-state index contributed by atoms with van der Waals surface area (Å²) in [5, 5.41) is 0. The van der Waals surface area contributed by atoms with Crippen LogP contribution in [0.15, 0.2) is 35.2 Å². The van der Waals surface area contributed by atoms with E-state index in [1.807, 2.05) is 20.9 Å². The van der Waals surface area contributed by atoms with E-state index in [0.29, 0.717) is 25.9 Å². The van der Waals surface area contributed by atoms with Crippen molar-refractivity contribution in [2.75, 3.05) is 18.0 Å². The first kappa shape index (κ1) is 18.7. The molecule has 0 bridgehead atoms. The summed E-state index contributed by atoms with van der Waals surface area (Å²) in [6, 6.07) is 8.60. The number of nitrogens with zero attached hydrogens (tertiary/aromatic N) is 2. The number of nitrogens with one attached hydrogen (secondary N) is 1. The van der Waals surface area contributed by atoms with Crippen molar-refractivity contribution in [3.63, 3.8) is 0 Å². The van der Waals surface area contributed by atoms with E-state index >= 15 is 0 Å². The fourth-order valence-corrected chi connectivity index (χ4v) is 4.35. The molecule has 1 N–H and O–H groups in total. The molecule has 6 nitrogen and oxygen atoms in total. The predicted octanol–water partition coefficient (Wildman–Crippen LogP) is 2.29. The van der Waals surface area contributed by atoms with Crippen LogP contribution in [0.5, 0.6) is 0 Å². The molecule has 1 fully saturated rings. The number of benzene rings is 1. The fraction of sp³-hybridized carbons (Fsp3) is 0.421. The fourth-order valence-electron chi connectivity index (χ4n) is 3.32. The first-order valence-corrected chi connectivity index (χ1v) is 10.3. The van der Waals surface area contributed by atoms with Crippen LogP contribution in [0.25, 0.3) is 0 Å². The molecule has 1 amide bonds. The molecule has 0 spiro atoms.